The van der Waals surface area contributed by atoms with Crippen LogP contribution >= 0.6 is 0 Å². The van der Waals surface area contributed by atoms with Crippen molar-refractivity contribution in [2.24, 2.45) is 0 Å². The van der Waals surface area contributed by atoms with Gasteiger partial charge in [-0.3, -0.25) is 0 Å². The van der Waals surface area contributed by atoms with Gasteiger partial charge in [0.25, 0.3) is 0 Å². The predicted molar refractivity (Wildman–Crippen MR) is 66.3 cm³/mol. The highest BCUT2D eigenvalue weighted by atomic mass is 19.1. The summed E-state index contributed by atoms with van der Waals surface area (Å²) in [5.74, 6) is -0.628. The van der Waals surface area contributed by atoms with Crippen molar-refractivity contribution in [2.45, 2.75) is 13.0 Å². The van der Waals surface area contributed by atoms with Gasteiger partial charge in [0.1, 0.15) is 23.5 Å². The third-order valence-electron chi connectivity index (χ3n) is 2.55. The van der Waals surface area contributed by atoms with Crippen LogP contribution in [0.1, 0.15) is 18.6 Å². The van der Waals surface area contributed by atoms with Gasteiger partial charge in [-0.05, 0) is 48.9 Å². The summed E-state index contributed by atoms with van der Waals surface area (Å²) in [6.07, 6.45) is -0.446. The van der Waals surface area contributed by atoms with Crippen LogP contribution in [0.2, 0.25) is 0 Å². The smallest absolute Gasteiger partial charge is 0.126 e. The van der Waals surface area contributed by atoms with Crippen molar-refractivity contribution in [1.29, 1.82) is 0 Å². The summed E-state index contributed by atoms with van der Waals surface area (Å²) in [5.41, 5.74) is 6.63. The molecule has 0 saturated carbocycles. The molecule has 18 heavy (non-hydrogen) atoms. The first-order valence-corrected chi connectivity index (χ1v) is 5.53. The average Bonchev–Trinajstić information content (AvgIpc) is 2.31. The van der Waals surface area contributed by atoms with Gasteiger partial charge in [0.2, 0.25) is 0 Å². The van der Waals surface area contributed by atoms with Gasteiger partial charge in [0, 0.05) is 11.8 Å². The molecule has 0 radical (unpaired) electrons. The van der Waals surface area contributed by atoms with Gasteiger partial charge in [-0.25, -0.2) is 8.78 Å². The first-order chi connectivity index (χ1) is 8.54. The molecule has 0 saturated heterocycles. The van der Waals surface area contributed by atoms with E-state index < -0.39 is 17.7 Å². The van der Waals surface area contributed by atoms with Crippen molar-refractivity contribution in [1.82, 2.24) is 0 Å². The van der Waals surface area contributed by atoms with Gasteiger partial charge in [-0.2, -0.15) is 0 Å². The van der Waals surface area contributed by atoms with Crippen LogP contribution in [0.25, 0.3) is 0 Å². The summed E-state index contributed by atoms with van der Waals surface area (Å²) < 4.78 is 31.7. The van der Waals surface area contributed by atoms with E-state index in [1.807, 2.05) is 0 Å². The number of nitrogens with two attached hydrogens (primary N) is 1. The van der Waals surface area contributed by atoms with Crippen molar-refractivity contribution in [3.8, 4) is 5.75 Å². The Morgan fingerprint density at radius 1 is 1.00 bits per heavy atom. The zero-order chi connectivity index (χ0) is 13.1. The molecular formula is C14H13F2NO. The van der Waals surface area contributed by atoms with E-state index in [1.165, 1.54) is 12.1 Å². The van der Waals surface area contributed by atoms with Crippen LogP contribution in [0.5, 0.6) is 5.75 Å². The van der Waals surface area contributed by atoms with Crippen molar-refractivity contribution in [2.75, 3.05) is 5.73 Å². The van der Waals surface area contributed by atoms with Gasteiger partial charge < -0.3 is 10.5 Å². The predicted octanol–water partition coefficient (Wildman–Crippen LogP) is 3.69. The second-order valence-electron chi connectivity index (χ2n) is 4.03. The Labute approximate surface area is 104 Å². The minimum atomic E-state index is -0.613. The third-order valence-corrected chi connectivity index (χ3v) is 2.55. The van der Waals surface area contributed by atoms with Gasteiger partial charge in [-0.1, -0.05) is 0 Å². The van der Waals surface area contributed by atoms with E-state index in [9.17, 15) is 8.78 Å². The number of hydrogen-bond donors (Lipinski definition) is 1. The number of anilines is 1. The van der Waals surface area contributed by atoms with E-state index in [0.29, 0.717) is 17.0 Å². The van der Waals surface area contributed by atoms with E-state index >= 15 is 0 Å². The molecule has 0 aliphatic rings. The van der Waals surface area contributed by atoms with Crippen LogP contribution < -0.4 is 10.5 Å². The molecule has 0 bridgehead atoms. The Balaban J connectivity index is 2.16. The van der Waals surface area contributed by atoms with Crippen molar-refractivity contribution < 1.29 is 13.5 Å². The van der Waals surface area contributed by atoms with E-state index in [2.05, 4.69) is 0 Å². The number of nitrogen functional groups attached to an aromatic ring is 1. The van der Waals surface area contributed by atoms with Crippen LogP contribution in [-0.4, -0.2) is 0 Å². The standard InChI is InChI=1S/C14H13F2NO/c1-9(10-6-11(15)8-12(16)7-10)18-14-4-2-13(17)3-5-14/h2-9H,17H2,1H3. The van der Waals surface area contributed by atoms with Gasteiger partial charge in [-0.15, -0.1) is 0 Å². The number of ether oxygens (including phenoxy) is 1. The minimum absolute atomic E-state index is 0.446. The Morgan fingerprint density at radius 2 is 1.56 bits per heavy atom. The summed E-state index contributed by atoms with van der Waals surface area (Å²) in [6, 6.07) is 10.2. The Morgan fingerprint density at radius 3 is 2.11 bits per heavy atom. The SMILES string of the molecule is CC(Oc1ccc(N)cc1)c1cc(F)cc(F)c1. The van der Waals surface area contributed by atoms with Crippen LogP contribution in [0.15, 0.2) is 42.5 Å². The fourth-order valence-corrected chi connectivity index (χ4v) is 1.63. The fourth-order valence-electron chi connectivity index (χ4n) is 1.63. The van der Waals surface area contributed by atoms with Crippen molar-refractivity contribution in [3.05, 3.63) is 59.7 Å². The molecule has 2 aromatic carbocycles. The summed E-state index contributed by atoms with van der Waals surface area (Å²) >= 11 is 0. The maximum absolute atomic E-state index is 13.1. The van der Waals surface area contributed by atoms with Gasteiger partial charge >= 0.3 is 0 Å². The molecule has 0 amide bonds. The molecule has 0 aliphatic carbocycles. The molecule has 4 heteroatoms. The van der Waals surface area contributed by atoms with E-state index in [4.69, 9.17) is 10.5 Å². The summed E-state index contributed by atoms with van der Waals surface area (Å²) in [4.78, 5) is 0. The van der Waals surface area contributed by atoms with Crippen LogP contribution in [0, 0.1) is 11.6 Å². The molecule has 94 valence electrons. The molecular weight excluding hydrogens is 236 g/mol. The molecule has 2 rings (SSSR count). The maximum atomic E-state index is 13.1. The maximum Gasteiger partial charge on any atom is 0.126 e. The Hall–Kier alpha value is -2.10. The zero-order valence-corrected chi connectivity index (χ0v) is 9.86. The highest BCUT2D eigenvalue weighted by molar-refractivity contribution is 5.41. The van der Waals surface area contributed by atoms with E-state index in [0.717, 1.165) is 6.07 Å². The Bertz CT molecular complexity index is 520. The molecule has 0 heterocycles. The first kappa shape index (κ1) is 12.4. The molecule has 0 aromatic heterocycles. The number of halogens is 2. The molecule has 1 unspecified atom stereocenters. The third kappa shape index (κ3) is 2.97. The zero-order valence-electron chi connectivity index (χ0n) is 9.86. The molecule has 0 fully saturated rings. The van der Waals surface area contributed by atoms with Gasteiger partial charge in [0.05, 0.1) is 0 Å². The molecule has 0 aliphatic heterocycles. The quantitative estimate of drug-likeness (QED) is 0.842. The summed E-state index contributed by atoms with van der Waals surface area (Å²) in [6.45, 7) is 1.73. The monoisotopic (exact) mass is 249 g/mol. The fraction of sp³-hybridized carbons (Fsp3) is 0.143. The molecule has 2 aromatic rings. The molecule has 2 N–H and O–H groups in total. The largest absolute Gasteiger partial charge is 0.486 e. The normalized spacial score (nSPS) is 12.2. The molecule has 2 nitrogen and oxygen atoms in total. The van der Waals surface area contributed by atoms with Crippen molar-refractivity contribution >= 4 is 5.69 Å². The summed E-state index contributed by atoms with van der Waals surface area (Å²) in [5, 5.41) is 0. The second kappa shape index (κ2) is 5.04. The minimum Gasteiger partial charge on any atom is -0.486 e. The Kier molecular flexibility index (Phi) is 3.46. The lowest BCUT2D eigenvalue weighted by Crippen LogP contribution is -2.04. The lowest BCUT2D eigenvalue weighted by Gasteiger charge is -2.15. The molecule has 0 spiro atoms. The number of hydrogen-bond acceptors (Lipinski definition) is 2. The highest BCUT2D eigenvalue weighted by Crippen LogP contribution is 2.23. The van der Waals surface area contributed by atoms with Crippen molar-refractivity contribution in [3.63, 3.8) is 0 Å². The topological polar surface area (TPSA) is 35.2 Å². The average molecular weight is 249 g/mol. The first-order valence-electron chi connectivity index (χ1n) is 5.53. The lowest BCUT2D eigenvalue weighted by molar-refractivity contribution is 0.226. The summed E-state index contributed by atoms with van der Waals surface area (Å²) in [7, 11) is 0. The highest BCUT2D eigenvalue weighted by Gasteiger charge is 2.10. The second-order valence-corrected chi connectivity index (χ2v) is 4.03. The van der Waals surface area contributed by atoms with E-state index in [-0.39, 0.29) is 0 Å². The van der Waals surface area contributed by atoms with Gasteiger partial charge in [0.15, 0.2) is 0 Å². The lowest BCUT2D eigenvalue weighted by atomic mass is 10.1. The number of benzene rings is 2. The van der Waals surface area contributed by atoms with E-state index in [1.54, 1.807) is 31.2 Å². The number of rotatable bonds is 3. The van der Waals surface area contributed by atoms with Crippen LogP contribution in [0.4, 0.5) is 14.5 Å². The van der Waals surface area contributed by atoms with Crippen LogP contribution in [-0.2, 0) is 0 Å². The van der Waals surface area contributed by atoms with Crippen LogP contribution in [0.3, 0.4) is 0 Å². The molecule has 1 atom stereocenters.